The summed E-state index contributed by atoms with van der Waals surface area (Å²) in [7, 11) is 1.66. The molecule has 0 spiro atoms. The normalized spacial score (nSPS) is 15.8. The van der Waals surface area contributed by atoms with Crippen LogP contribution < -0.4 is 15.4 Å². The number of para-hydroxylation sites is 1. The summed E-state index contributed by atoms with van der Waals surface area (Å²) in [6, 6.07) is 15.4. The first-order chi connectivity index (χ1) is 16.0. The van der Waals surface area contributed by atoms with Gasteiger partial charge in [0.05, 0.1) is 13.2 Å². The van der Waals surface area contributed by atoms with E-state index in [1.165, 1.54) is 6.92 Å². The third kappa shape index (κ3) is 5.54. The van der Waals surface area contributed by atoms with Crippen molar-refractivity contribution in [2.45, 2.75) is 38.3 Å². The van der Waals surface area contributed by atoms with E-state index in [1.54, 1.807) is 7.11 Å². The van der Waals surface area contributed by atoms with Gasteiger partial charge in [-0.2, -0.15) is 0 Å². The van der Waals surface area contributed by atoms with Crippen LogP contribution in [0, 0.1) is 0 Å². The Morgan fingerprint density at radius 3 is 2.67 bits per heavy atom. The number of nitrogens with one attached hydrogen (secondary N) is 3. The zero-order valence-electron chi connectivity index (χ0n) is 19.3. The molecule has 33 heavy (non-hydrogen) atoms. The number of nitrogens with zero attached hydrogens (tertiary/aromatic N) is 1. The molecule has 0 saturated carbocycles. The van der Waals surface area contributed by atoms with E-state index in [0.717, 1.165) is 53.7 Å². The van der Waals surface area contributed by atoms with E-state index in [1.807, 2.05) is 48.7 Å². The van der Waals surface area contributed by atoms with E-state index >= 15 is 0 Å². The SMILES string of the molecule is COc1cccc(C(CNC(=O)C(Cc2c[nH]c3ccccc23)NC(C)=O)N2CCCC2)c1. The van der Waals surface area contributed by atoms with E-state index < -0.39 is 6.04 Å². The quantitative estimate of drug-likeness (QED) is 0.469. The lowest BCUT2D eigenvalue weighted by molar-refractivity contribution is -0.128. The minimum Gasteiger partial charge on any atom is -0.497 e. The Labute approximate surface area is 194 Å². The summed E-state index contributed by atoms with van der Waals surface area (Å²) >= 11 is 0. The van der Waals surface area contributed by atoms with Crippen LogP contribution in [0.15, 0.2) is 54.7 Å². The van der Waals surface area contributed by atoms with Crippen LogP contribution in [0.25, 0.3) is 10.9 Å². The van der Waals surface area contributed by atoms with Gasteiger partial charge in [0, 0.05) is 37.0 Å². The first-order valence-electron chi connectivity index (χ1n) is 11.5. The lowest BCUT2D eigenvalue weighted by atomic mass is 10.0. The van der Waals surface area contributed by atoms with Gasteiger partial charge in [0.1, 0.15) is 11.8 Å². The molecule has 1 aliphatic heterocycles. The second-order valence-electron chi connectivity index (χ2n) is 8.60. The maximum atomic E-state index is 13.2. The molecule has 3 aromatic rings. The number of amides is 2. The van der Waals surface area contributed by atoms with Crippen molar-refractivity contribution in [1.82, 2.24) is 20.5 Å². The lowest BCUT2D eigenvalue weighted by Crippen LogP contribution is -2.49. The van der Waals surface area contributed by atoms with Crippen LogP contribution in [0.2, 0.25) is 0 Å². The summed E-state index contributed by atoms with van der Waals surface area (Å²) in [5, 5.41) is 7.01. The molecule has 7 heteroatoms. The van der Waals surface area contributed by atoms with Crippen molar-refractivity contribution in [1.29, 1.82) is 0 Å². The van der Waals surface area contributed by atoms with Gasteiger partial charge in [0.25, 0.3) is 0 Å². The first kappa shape index (κ1) is 22.9. The van der Waals surface area contributed by atoms with Crippen molar-refractivity contribution >= 4 is 22.7 Å². The van der Waals surface area contributed by atoms with E-state index in [-0.39, 0.29) is 17.9 Å². The molecule has 3 N–H and O–H groups in total. The lowest BCUT2D eigenvalue weighted by Gasteiger charge is -2.29. The standard InChI is InChI=1S/C26H32N4O3/c1-18(31)29-24(15-20-16-27-23-11-4-3-10-22(20)23)26(32)28-17-25(30-12-5-6-13-30)19-8-7-9-21(14-19)33-2/h3-4,7-11,14,16,24-25,27H,5-6,12-13,15,17H2,1-2H3,(H,28,32)(H,29,31). The molecule has 1 aliphatic rings. The molecule has 2 aromatic carbocycles. The Balaban J connectivity index is 1.50. The maximum absolute atomic E-state index is 13.2. The van der Waals surface area contributed by atoms with Crippen molar-refractivity contribution in [3.05, 3.63) is 65.9 Å². The highest BCUT2D eigenvalue weighted by Gasteiger charge is 2.27. The fourth-order valence-electron chi connectivity index (χ4n) is 4.66. The number of rotatable bonds is 9. The third-order valence-corrected chi connectivity index (χ3v) is 6.32. The number of hydrogen-bond acceptors (Lipinski definition) is 4. The van der Waals surface area contributed by atoms with Gasteiger partial charge in [0.2, 0.25) is 11.8 Å². The van der Waals surface area contributed by atoms with Crippen LogP contribution in [0.3, 0.4) is 0 Å². The summed E-state index contributed by atoms with van der Waals surface area (Å²) in [6.45, 7) is 3.92. The van der Waals surface area contributed by atoms with Crippen molar-refractivity contribution in [2.24, 2.45) is 0 Å². The maximum Gasteiger partial charge on any atom is 0.242 e. The molecule has 2 unspecified atom stereocenters. The van der Waals surface area contributed by atoms with Crippen LogP contribution in [-0.4, -0.2) is 54.5 Å². The summed E-state index contributed by atoms with van der Waals surface area (Å²) in [5.41, 5.74) is 3.13. The van der Waals surface area contributed by atoms with Gasteiger partial charge in [-0.3, -0.25) is 14.5 Å². The number of methoxy groups -OCH3 is 1. The van der Waals surface area contributed by atoms with E-state index in [0.29, 0.717) is 13.0 Å². The van der Waals surface area contributed by atoms with Gasteiger partial charge in [0.15, 0.2) is 0 Å². The predicted molar refractivity (Wildman–Crippen MR) is 129 cm³/mol. The molecule has 1 fully saturated rings. The molecule has 7 nitrogen and oxygen atoms in total. The molecule has 0 radical (unpaired) electrons. The number of fused-ring (bicyclic) bond motifs is 1. The van der Waals surface area contributed by atoms with Crippen molar-refractivity contribution in [3.63, 3.8) is 0 Å². The predicted octanol–water partition coefficient (Wildman–Crippen LogP) is 3.18. The number of likely N-dealkylation sites (tertiary alicyclic amines) is 1. The van der Waals surface area contributed by atoms with Crippen LogP contribution in [0.5, 0.6) is 5.75 Å². The zero-order valence-corrected chi connectivity index (χ0v) is 19.3. The number of H-pyrrole nitrogens is 1. The van der Waals surface area contributed by atoms with Crippen LogP contribution in [0.1, 0.15) is 36.9 Å². The Morgan fingerprint density at radius 2 is 1.91 bits per heavy atom. The molecule has 0 bridgehead atoms. The minimum absolute atomic E-state index is 0.0533. The highest BCUT2D eigenvalue weighted by atomic mass is 16.5. The summed E-state index contributed by atoms with van der Waals surface area (Å²) in [6.07, 6.45) is 4.64. The Morgan fingerprint density at radius 1 is 1.12 bits per heavy atom. The summed E-state index contributed by atoms with van der Waals surface area (Å²) < 4.78 is 5.41. The monoisotopic (exact) mass is 448 g/mol. The molecular weight excluding hydrogens is 416 g/mol. The second kappa shape index (κ2) is 10.5. The number of carbonyl (C=O) groups is 2. The fourth-order valence-corrected chi connectivity index (χ4v) is 4.66. The minimum atomic E-state index is -0.647. The zero-order chi connectivity index (χ0) is 23.2. The molecule has 2 heterocycles. The third-order valence-electron chi connectivity index (χ3n) is 6.32. The first-order valence-corrected chi connectivity index (χ1v) is 11.5. The number of carbonyl (C=O) groups excluding carboxylic acids is 2. The average Bonchev–Trinajstić information content (AvgIpc) is 3.49. The topological polar surface area (TPSA) is 86.5 Å². The highest BCUT2D eigenvalue weighted by molar-refractivity contribution is 5.89. The van der Waals surface area contributed by atoms with Gasteiger partial charge < -0.3 is 20.4 Å². The van der Waals surface area contributed by atoms with Gasteiger partial charge in [-0.1, -0.05) is 30.3 Å². The molecule has 2 atom stereocenters. The number of aromatic amines is 1. The summed E-state index contributed by atoms with van der Waals surface area (Å²) in [5.74, 6) is 0.403. The molecule has 1 saturated heterocycles. The Kier molecular flexibility index (Phi) is 7.29. The van der Waals surface area contributed by atoms with Crippen LogP contribution in [-0.2, 0) is 16.0 Å². The number of aromatic nitrogens is 1. The van der Waals surface area contributed by atoms with Crippen molar-refractivity contribution < 1.29 is 14.3 Å². The van der Waals surface area contributed by atoms with Crippen LogP contribution in [0.4, 0.5) is 0 Å². The second-order valence-corrected chi connectivity index (χ2v) is 8.60. The van der Waals surface area contributed by atoms with Gasteiger partial charge in [-0.25, -0.2) is 0 Å². The number of benzene rings is 2. The number of ether oxygens (including phenoxy) is 1. The molecule has 1 aromatic heterocycles. The molecule has 174 valence electrons. The Hall–Kier alpha value is -3.32. The summed E-state index contributed by atoms with van der Waals surface area (Å²) in [4.78, 5) is 30.8. The van der Waals surface area contributed by atoms with Crippen molar-refractivity contribution in [2.75, 3.05) is 26.7 Å². The van der Waals surface area contributed by atoms with E-state index in [9.17, 15) is 9.59 Å². The van der Waals surface area contributed by atoms with Gasteiger partial charge in [-0.15, -0.1) is 0 Å². The average molecular weight is 449 g/mol. The highest BCUT2D eigenvalue weighted by Crippen LogP contribution is 2.27. The molecule has 2 amide bonds. The molecular formula is C26H32N4O3. The van der Waals surface area contributed by atoms with E-state index in [4.69, 9.17) is 4.74 Å². The van der Waals surface area contributed by atoms with E-state index in [2.05, 4.69) is 26.6 Å². The Bertz CT molecular complexity index is 1100. The largest absolute Gasteiger partial charge is 0.497 e. The molecule has 4 rings (SSSR count). The molecule has 0 aliphatic carbocycles. The van der Waals surface area contributed by atoms with Gasteiger partial charge in [-0.05, 0) is 55.3 Å². The smallest absolute Gasteiger partial charge is 0.242 e. The number of hydrogen-bond donors (Lipinski definition) is 3. The van der Waals surface area contributed by atoms with Crippen molar-refractivity contribution in [3.8, 4) is 5.75 Å². The fraction of sp³-hybridized carbons (Fsp3) is 0.385. The van der Waals surface area contributed by atoms with Gasteiger partial charge >= 0.3 is 0 Å². The van der Waals surface area contributed by atoms with Crippen LogP contribution >= 0.6 is 0 Å².